The van der Waals surface area contributed by atoms with Gasteiger partial charge in [0, 0.05) is 42.8 Å². The summed E-state index contributed by atoms with van der Waals surface area (Å²) < 4.78 is 21.1. The highest BCUT2D eigenvalue weighted by molar-refractivity contribution is 6.10. The van der Waals surface area contributed by atoms with Gasteiger partial charge in [0.15, 0.2) is 11.5 Å². The number of fused-ring (bicyclic) bond motifs is 1. The number of pyridine rings is 2. The molecule has 1 N–H and O–H groups in total. The number of anilines is 1. The molecule has 0 atom stereocenters. The molecule has 10 nitrogen and oxygen atoms in total. The summed E-state index contributed by atoms with van der Waals surface area (Å²) in [4.78, 5) is 32.7. The molecule has 0 saturated carbocycles. The van der Waals surface area contributed by atoms with Crippen LogP contribution < -0.4 is 5.32 Å². The minimum absolute atomic E-state index is 0.0717. The quantitative estimate of drug-likeness (QED) is 0.396. The lowest BCUT2D eigenvalue weighted by atomic mass is 10.2. The fourth-order valence-corrected chi connectivity index (χ4v) is 2.88. The maximum Gasteiger partial charge on any atom is 0.342 e. The van der Waals surface area contributed by atoms with Gasteiger partial charge in [0.1, 0.15) is 11.3 Å². The van der Waals surface area contributed by atoms with E-state index in [1.54, 1.807) is 38.4 Å². The summed E-state index contributed by atoms with van der Waals surface area (Å²) in [6.45, 7) is 1.86. The first-order valence-corrected chi connectivity index (χ1v) is 8.95. The number of hydrogen-bond acceptors (Lipinski definition) is 7. The van der Waals surface area contributed by atoms with Crippen LogP contribution in [0.3, 0.4) is 0 Å². The Morgan fingerprint density at radius 1 is 1.27 bits per heavy atom. The Morgan fingerprint density at radius 2 is 2.10 bits per heavy atom. The van der Waals surface area contributed by atoms with Crippen molar-refractivity contribution in [2.75, 3.05) is 11.9 Å². The van der Waals surface area contributed by atoms with Gasteiger partial charge in [-0.25, -0.2) is 19.3 Å². The number of nitrogens with zero attached hydrogens (tertiary/aromatic N) is 6. The molecule has 152 valence electrons. The van der Waals surface area contributed by atoms with Crippen LogP contribution in [0.5, 0.6) is 0 Å². The van der Waals surface area contributed by atoms with E-state index in [1.807, 2.05) is 0 Å². The second kappa shape index (κ2) is 7.70. The largest absolute Gasteiger partial charge is 0.462 e. The molecule has 0 aliphatic rings. The normalized spacial score (nSPS) is 10.9. The third-order valence-corrected chi connectivity index (χ3v) is 4.23. The number of esters is 1. The van der Waals surface area contributed by atoms with Gasteiger partial charge < -0.3 is 10.1 Å². The van der Waals surface area contributed by atoms with Gasteiger partial charge in [0.2, 0.25) is 5.95 Å². The van der Waals surface area contributed by atoms with E-state index in [2.05, 4.69) is 25.5 Å². The molecule has 0 aliphatic carbocycles. The Morgan fingerprint density at radius 3 is 2.87 bits per heavy atom. The van der Waals surface area contributed by atoms with Gasteiger partial charge in [-0.1, -0.05) is 0 Å². The van der Waals surface area contributed by atoms with E-state index in [1.165, 1.54) is 27.7 Å². The lowest BCUT2D eigenvalue weighted by molar-refractivity contribution is 0.0523. The molecule has 0 unspecified atom stereocenters. The maximum absolute atomic E-state index is 13.4. The van der Waals surface area contributed by atoms with Crippen molar-refractivity contribution in [2.24, 2.45) is 7.05 Å². The van der Waals surface area contributed by atoms with Crippen LogP contribution in [0.1, 0.15) is 27.8 Å². The van der Waals surface area contributed by atoms with E-state index < -0.39 is 17.8 Å². The summed E-state index contributed by atoms with van der Waals surface area (Å²) >= 11 is 0. The summed E-state index contributed by atoms with van der Waals surface area (Å²) in [6.07, 6.45) is 4.22. The monoisotopic (exact) mass is 409 g/mol. The van der Waals surface area contributed by atoms with Gasteiger partial charge in [-0.3, -0.25) is 9.48 Å². The predicted octanol–water partition coefficient (Wildman–Crippen LogP) is 2.09. The molecule has 4 rings (SSSR count). The highest BCUT2D eigenvalue weighted by Crippen LogP contribution is 2.19. The molecule has 1 amide bonds. The van der Waals surface area contributed by atoms with Crippen LogP contribution in [-0.4, -0.2) is 47.8 Å². The average molecular weight is 409 g/mol. The molecule has 30 heavy (non-hydrogen) atoms. The number of nitrogens with one attached hydrogen (secondary N) is 1. The second-order valence-corrected chi connectivity index (χ2v) is 6.23. The summed E-state index contributed by atoms with van der Waals surface area (Å²) in [5, 5.41) is 11.0. The van der Waals surface area contributed by atoms with E-state index in [4.69, 9.17) is 4.74 Å². The molecular weight excluding hydrogens is 393 g/mol. The topological polar surface area (TPSA) is 116 Å². The fourth-order valence-electron chi connectivity index (χ4n) is 2.88. The van der Waals surface area contributed by atoms with Gasteiger partial charge in [-0.15, -0.1) is 5.10 Å². The molecule has 4 aromatic rings. The predicted molar refractivity (Wildman–Crippen MR) is 103 cm³/mol. The van der Waals surface area contributed by atoms with Crippen LogP contribution in [0.25, 0.3) is 17.0 Å². The Bertz CT molecular complexity index is 1260. The van der Waals surface area contributed by atoms with Crippen LogP contribution in [0.15, 0.2) is 42.9 Å². The number of carbonyl (C=O) groups excluding carboxylic acids is 2. The number of halogens is 1. The van der Waals surface area contributed by atoms with E-state index in [0.717, 1.165) is 0 Å². The van der Waals surface area contributed by atoms with Crippen molar-refractivity contribution in [3.8, 4) is 11.4 Å². The first kappa shape index (κ1) is 19.2. The molecule has 11 heteroatoms. The van der Waals surface area contributed by atoms with Crippen LogP contribution in [0, 0.1) is 5.95 Å². The highest BCUT2D eigenvalue weighted by atomic mass is 19.1. The lowest BCUT2D eigenvalue weighted by Gasteiger charge is -2.07. The molecule has 4 heterocycles. The molecule has 4 aromatic heterocycles. The molecular formula is C19H16FN7O3. The number of aryl methyl sites for hydroxylation is 1. The van der Waals surface area contributed by atoms with Crippen LogP contribution in [0.4, 0.5) is 10.1 Å². The first-order chi connectivity index (χ1) is 14.5. The van der Waals surface area contributed by atoms with Gasteiger partial charge in [0.25, 0.3) is 5.91 Å². The fraction of sp³-hybridized carbons (Fsp3) is 0.158. The molecule has 0 saturated heterocycles. The van der Waals surface area contributed by atoms with E-state index in [0.29, 0.717) is 22.7 Å². The van der Waals surface area contributed by atoms with Crippen molar-refractivity contribution in [1.82, 2.24) is 29.4 Å². The van der Waals surface area contributed by atoms with Gasteiger partial charge in [-0.2, -0.15) is 9.49 Å². The SMILES string of the molecule is CCOC(=O)c1cnn(C)c1C(=O)Nc1ccn2nc(-c3ccnc(F)c3)nc2c1. The summed E-state index contributed by atoms with van der Waals surface area (Å²) in [7, 11) is 1.56. The number of rotatable bonds is 5. The average Bonchev–Trinajstić information content (AvgIpc) is 3.31. The second-order valence-electron chi connectivity index (χ2n) is 6.23. The van der Waals surface area contributed by atoms with Gasteiger partial charge >= 0.3 is 5.97 Å². The molecule has 0 fully saturated rings. The first-order valence-electron chi connectivity index (χ1n) is 8.95. The minimum atomic E-state index is -0.632. The smallest absolute Gasteiger partial charge is 0.342 e. The molecule has 0 bridgehead atoms. The zero-order valence-electron chi connectivity index (χ0n) is 16.0. The standard InChI is InChI=1S/C19H16FN7O3/c1-3-30-19(29)13-10-22-26(2)16(13)18(28)23-12-5-7-27-15(9-12)24-17(25-27)11-4-6-21-14(20)8-11/h4-10H,3H2,1-2H3,(H,23,28). The molecule has 0 aromatic carbocycles. The maximum atomic E-state index is 13.4. The van der Waals surface area contributed by atoms with Crippen molar-refractivity contribution in [3.05, 3.63) is 60.1 Å². The van der Waals surface area contributed by atoms with E-state index in [9.17, 15) is 14.0 Å². The van der Waals surface area contributed by atoms with Crippen molar-refractivity contribution in [1.29, 1.82) is 0 Å². The van der Waals surface area contributed by atoms with Crippen LogP contribution in [-0.2, 0) is 11.8 Å². The Labute approximate surface area is 169 Å². The summed E-state index contributed by atoms with van der Waals surface area (Å²) in [6, 6.07) is 6.06. The van der Waals surface area contributed by atoms with E-state index in [-0.39, 0.29) is 17.9 Å². The Balaban J connectivity index is 1.61. The summed E-state index contributed by atoms with van der Waals surface area (Å²) in [5.41, 5.74) is 1.50. The van der Waals surface area contributed by atoms with E-state index >= 15 is 0 Å². The van der Waals surface area contributed by atoms with Gasteiger partial charge in [0.05, 0.1) is 12.8 Å². The van der Waals surface area contributed by atoms with Crippen molar-refractivity contribution >= 4 is 23.2 Å². The van der Waals surface area contributed by atoms with Crippen LogP contribution >= 0.6 is 0 Å². The zero-order chi connectivity index (χ0) is 21.3. The zero-order valence-corrected chi connectivity index (χ0v) is 16.0. The Kier molecular flexibility index (Phi) is 4.92. The van der Waals surface area contributed by atoms with Crippen LogP contribution in [0.2, 0.25) is 0 Å². The number of carbonyl (C=O) groups is 2. The molecule has 0 aliphatic heterocycles. The lowest BCUT2D eigenvalue weighted by Crippen LogP contribution is -2.20. The van der Waals surface area contributed by atoms with Gasteiger partial charge in [-0.05, 0) is 19.1 Å². The molecule has 0 spiro atoms. The highest BCUT2D eigenvalue weighted by Gasteiger charge is 2.23. The van der Waals surface area contributed by atoms with Crippen molar-refractivity contribution in [2.45, 2.75) is 6.92 Å². The number of aromatic nitrogens is 6. The number of ether oxygens (including phenoxy) is 1. The number of hydrogen-bond donors (Lipinski definition) is 1. The van der Waals surface area contributed by atoms with Crippen molar-refractivity contribution < 1.29 is 18.7 Å². The summed E-state index contributed by atoms with van der Waals surface area (Å²) in [5.74, 6) is -1.47. The third-order valence-electron chi connectivity index (χ3n) is 4.23. The third kappa shape index (κ3) is 3.60. The van der Waals surface area contributed by atoms with Crippen molar-refractivity contribution in [3.63, 3.8) is 0 Å². The molecule has 0 radical (unpaired) electrons. The minimum Gasteiger partial charge on any atom is -0.462 e. The number of amides is 1. The Hall–Kier alpha value is -4.15.